The number of oxazole rings is 1. The molecule has 0 bridgehead atoms. The molecule has 1 aliphatic carbocycles. The molecule has 1 heterocycles. The van der Waals surface area contributed by atoms with Crippen LogP contribution in [0.15, 0.2) is 22.6 Å². The Morgan fingerprint density at radius 2 is 2.04 bits per heavy atom. The van der Waals surface area contributed by atoms with E-state index < -0.39 is 10.0 Å². The highest BCUT2D eigenvalue weighted by atomic mass is 32.2. The predicted molar refractivity (Wildman–Crippen MR) is 90.8 cm³/mol. The summed E-state index contributed by atoms with van der Waals surface area (Å²) in [7, 11) is -3.13. The second-order valence-corrected chi connectivity index (χ2v) is 8.29. The van der Waals surface area contributed by atoms with Gasteiger partial charge in [0.1, 0.15) is 11.3 Å². The highest BCUT2D eigenvalue weighted by Crippen LogP contribution is 2.26. The molecule has 2 aromatic rings. The van der Waals surface area contributed by atoms with Crippen LogP contribution in [-0.2, 0) is 10.0 Å². The topological polar surface area (TPSA) is 84.2 Å². The minimum absolute atomic E-state index is 0.0403. The summed E-state index contributed by atoms with van der Waals surface area (Å²) in [6, 6.07) is 4.69. The Hall–Kier alpha value is -1.67. The number of rotatable bonds is 6. The van der Waals surface area contributed by atoms with Crippen LogP contribution in [0.1, 0.15) is 32.6 Å². The Balaban J connectivity index is 1.49. The van der Waals surface area contributed by atoms with Gasteiger partial charge in [-0.2, -0.15) is 4.98 Å². The zero-order valence-electron chi connectivity index (χ0n) is 13.6. The van der Waals surface area contributed by atoms with Crippen molar-refractivity contribution < 1.29 is 17.2 Å². The lowest BCUT2D eigenvalue weighted by molar-refractivity contribution is 0.323. The van der Waals surface area contributed by atoms with Crippen molar-refractivity contribution in [1.29, 1.82) is 0 Å². The first kappa shape index (κ1) is 17.2. The zero-order chi connectivity index (χ0) is 17.2. The Labute approximate surface area is 140 Å². The summed E-state index contributed by atoms with van der Waals surface area (Å²) in [5.41, 5.74) is 1.05. The van der Waals surface area contributed by atoms with Crippen molar-refractivity contribution in [3.63, 3.8) is 0 Å². The number of fused-ring (bicyclic) bond motifs is 1. The molecule has 8 heteroatoms. The third kappa shape index (κ3) is 4.24. The molecule has 0 radical (unpaired) electrons. The van der Waals surface area contributed by atoms with Gasteiger partial charge in [-0.1, -0.05) is 0 Å². The summed E-state index contributed by atoms with van der Waals surface area (Å²) in [6.45, 7) is 2.35. The van der Waals surface area contributed by atoms with Gasteiger partial charge in [-0.15, -0.1) is 0 Å². The molecule has 3 rings (SSSR count). The van der Waals surface area contributed by atoms with Crippen LogP contribution in [0.4, 0.5) is 10.4 Å². The van der Waals surface area contributed by atoms with Gasteiger partial charge < -0.3 is 9.73 Å². The van der Waals surface area contributed by atoms with Crippen LogP contribution in [0.2, 0.25) is 0 Å². The molecular weight excluding hydrogens is 333 g/mol. The average Bonchev–Trinajstić information content (AvgIpc) is 2.96. The van der Waals surface area contributed by atoms with Crippen molar-refractivity contribution >= 4 is 27.1 Å². The normalized spacial score (nSPS) is 21.9. The quantitative estimate of drug-likeness (QED) is 0.832. The number of halogens is 1. The number of nitrogens with one attached hydrogen (secondary N) is 2. The minimum atomic E-state index is -3.13. The number of hydrogen-bond donors (Lipinski definition) is 2. The first-order chi connectivity index (χ1) is 11.4. The SMILES string of the molecule is CCS(=O)(=O)NC1CCC(CNc2nc3ccc(F)cc3o2)CC1. The van der Waals surface area contributed by atoms with Crippen molar-refractivity contribution in [2.24, 2.45) is 5.92 Å². The van der Waals surface area contributed by atoms with E-state index in [9.17, 15) is 12.8 Å². The van der Waals surface area contributed by atoms with Crippen molar-refractivity contribution in [3.8, 4) is 0 Å². The number of anilines is 1. The van der Waals surface area contributed by atoms with Gasteiger partial charge >= 0.3 is 0 Å². The Morgan fingerprint density at radius 3 is 2.75 bits per heavy atom. The van der Waals surface area contributed by atoms with Crippen molar-refractivity contribution in [2.45, 2.75) is 38.6 Å². The van der Waals surface area contributed by atoms with Gasteiger partial charge in [-0.25, -0.2) is 17.5 Å². The summed E-state index contributed by atoms with van der Waals surface area (Å²) in [6.07, 6.45) is 3.56. The van der Waals surface area contributed by atoms with Crippen LogP contribution in [0, 0.1) is 11.7 Å². The fourth-order valence-electron chi connectivity index (χ4n) is 3.03. The monoisotopic (exact) mass is 355 g/mol. The van der Waals surface area contributed by atoms with Crippen LogP contribution in [0.5, 0.6) is 0 Å². The fourth-order valence-corrected chi connectivity index (χ4v) is 3.94. The molecule has 6 nitrogen and oxygen atoms in total. The maximum atomic E-state index is 13.1. The van der Waals surface area contributed by atoms with Gasteiger partial charge in [-0.3, -0.25) is 0 Å². The lowest BCUT2D eigenvalue weighted by Gasteiger charge is -2.28. The smallest absolute Gasteiger partial charge is 0.295 e. The van der Waals surface area contributed by atoms with E-state index in [-0.39, 0.29) is 17.6 Å². The summed E-state index contributed by atoms with van der Waals surface area (Å²) >= 11 is 0. The van der Waals surface area contributed by atoms with Crippen LogP contribution in [0.25, 0.3) is 11.1 Å². The molecule has 0 amide bonds. The second-order valence-electron chi connectivity index (χ2n) is 6.25. The molecule has 1 saturated carbocycles. The molecular formula is C16H22FN3O3S. The standard InChI is InChI=1S/C16H22FN3O3S/c1-2-24(21,22)20-13-6-3-11(4-7-13)10-18-16-19-14-8-5-12(17)9-15(14)23-16/h5,8-9,11,13,20H,2-4,6-7,10H2,1H3,(H,18,19). The van der Waals surface area contributed by atoms with Gasteiger partial charge in [-0.05, 0) is 50.7 Å². The number of benzene rings is 1. The first-order valence-electron chi connectivity index (χ1n) is 8.25. The Morgan fingerprint density at radius 1 is 1.29 bits per heavy atom. The molecule has 0 saturated heterocycles. The fraction of sp³-hybridized carbons (Fsp3) is 0.562. The molecule has 1 aromatic heterocycles. The van der Waals surface area contributed by atoms with Crippen LogP contribution in [-0.4, -0.2) is 31.7 Å². The van der Waals surface area contributed by atoms with E-state index in [1.807, 2.05) is 0 Å². The zero-order valence-corrected chi connectivity index (χ0v) is 14.4. The molecule has 1 aliphatic rings. The largest absolute Gasteiger partial charge is 0.423 e. The van der Waals surface area contributed by atoms with E-state index in [1.54, 1.807) is 13.0 Å². The average molecular weight is 355 g/mol. The lowest BCUT2D eigenvalue weighted by Crippen LogP contribution is -2.39. The van der Waals surface area contributed by atoms with E-state index >= 15 is 0 Å². The molecule has 1 aromatic carbocycles. The molecule has 1 fully saturated rings. The Bertz CT molecular complexity index is 798. The molecule has 0 spiro atoms. The van der Waals surface area contributed by atoms with Gasteiger partial charge in [0.15, 0.2) is 5.58 Å². The molecule has 132 valence electrons. The molecule has 0 atom stereocenters. The predicted octanol–water partition coefficient (Wildman–Crippen LogP) is 2.88. The number of sulfonamides is 1. The van der Waals surface area contributed by atoms with E-state index in [4.69, 9.17) is 4.42 Å². The van der Waals surface area contributed by atoms with Crippen LogP contribution in [0.3, 0.4) is 0 Å². The molecule has 0 unspecified atom stereocenters. The van der Waals surface area contributed by atoms with Gasteiger partial charge in [0.25, 0.3) is 6.01 Å². The van der Waals surface area contributed by atoms with Crippen molar-refractivity contribution in [2.75, 3.05) is 17.6 Å². The first-order valence-corrected chi connectivity index (χ1v) is 9.90. The van der Waals surface area contributed by atoms with E-state index in [0.29, 0.717) is 29.6 Å². The summed E-state index contributed by atoms with van der Waals surface area (Å²) in [5, 5.41) is 3.16. The van der Waals surface area contributed by atoms with Gasteiger partial charge in [0.2, 0.25) is 10.0 Å². The van der Waals surface area contributed by atoms with Crippen LogP contribution < -0.4 is 10.0 Å². The summed E-state index contributed by atoms with van der Waals surface area (Å²) < 4.78 is 44.6. The minimum Gasteiger partial charge on any atom is -0.423 e. The number of aromatic nitrogens is 1. The van der Waals surface area contributed by atoms with Gasteiger partial charge in [0.05, 0.1) is 5.75 Å². The number of hydrogen-bond acceptors (Lipinski definition) is 5. The lowest BCUT2D eigenvalue weighted by atomic mass is 9.86. The second kappa shape index (κ2) is 7.06. The van der Waals surface area contributed by atoms with Gasteiger partial charge in [0, 0.05) is 18.7 Å². The highest BCUT2D eigenvalue weighted by molar-refractivity contribution is 7.89. The molecule has 2 N–H and O–H groups in total. The Kier molecular flexibility index (Phi) is 5.05. The molecule has 0 aliphatic heterocycles. The van der Waals surface area contributed by atoms with E-state index in [2.05, 4.69) is 15.0 Å². The van der Waals surface area contributed by atoms with Crippen LogP contribution >= 0.6 is 0 Å². The van der Waals surface area contributed by atoms with E-state index in [1.165, 1.54) is 12.1 Å². The van der Waals surface area contributed by atoms with Crippen molar-refractivity contribution in [1.82, 2.24) is 9.71 Å². The summed E-state index contributed by atoms with van der Waals surface area (Å²) in [5.74, 6) is 0.212. The van der Waals surface area contributed by atoms with E-state index in [0.717, 1.165) is 25.7 Å². The number of nitrogens with zero attached hydrogens (tertiary/aromatic N) is 1. The maximum absolute atomic E-state index is 13.1. The summed E-state index contributed by atoms with van der Waals surface area (Å²) in [4.78, 5) is 4.28. The van der Waals surface area contributed by atoms with Crippen molar-refractivity contribution in [3.05, 3.63) is 24.0 Å². The third-order valence-electron chi connectivity index (χ3n) is 4.47. The highest BCUT2D eigenvalue weighted by Gasteiger charge is 2.24. The third-order valence-corrected chi connectivity index (χ3v) is 5.92. The molecule has 24 heavy (non-hydrogen) atoms. The maximum Gasteiger partial charge on any atom is 0.295 e.